The zero-order valence-electron chi connectivity index (χ0n) is 9.56. The van der Waals surface area contributed by atoms with Crippen molar-refractivity contribution < 1.29 is 4.79 Å². The number of carbonyl (C=O) groups is 1. The molecule has 0 saturated heterocycles. The average Bonchev–Trinajstić information content (AvgIpc) is 2.89. The smallest absolute Gasteiger partial charge is 0.234 e. The Kier molecular flexibility index (Phi) is 2.93. The van der Waals surface area contributed by atoms with Gasteiger partial charge < -0.3 is 10.6 Å². The second kappa shape index (κ2) is 4.73. The first kappa shape index (κ1) is 11.2. The molecule has 1 aromatic heterocycles. The number of benzene rings is 1. The van der Waals surface area contributed by atoms with Crippen molar-refractivity contribution in [3.63, 3.8) is 0 Å². The highest BCUT2D eigenvalue weighted by molar-refractivity contribution is 8.00. The number of fused-ring (bicyclic) bond motifs is 1. The number of hydrogen-bond donors (Lipinski definition) is 3. The molecule has 0 saturated carbocycles. The second-order valence-corrected chi connectivity index (χ2v) is 5.00. The Labute approximate surface area is 108 Å². The van der Waals surface area contributed by atoms with E-state index >= 15 is 0 Å². The van der Waals surface area contributed by atoms with Crippen molar-refractivity contribution in [1.82, 2.24) is 10.2 Å². The fourth-order valence-electron chi connectivity index (χ4n) is 1.77. The van der Waals surface area contributed by atoms with E-state index in [9.17, 15) is 4.79 Å². The number of thioether (sulfide) groups is 1. The van der Waals surface area contributed by atoms with Gasteiger partial charge in [-0.1, -0.05) is 0 Å². The number of carbonyl (C=O) groups excluding carboxylic acids is 1. The van der Waals surface area contributed by atoms with Gasteiger partial charge in [0.25, 0.3) is 0 Å². The molecule has 1 aromatic carbocycles. The predicted octanol–water partition coefficient (Wildman–Crippen LogP) is 2.07. The summed E-state index contributed by atoms with van der Waals surface area (Å²) in [6.45, 7) is 0.680. The summed E-state index contributed by atoms with van der Waals surface area (Å²) in [6, 6.07) is 7.91. The van der Waals surface area contributed by atoms with Gasteiger partial charge in [-0.25, -0.2) is 0 Å². The van der Waals surface area contributed by atoms with Crippen LogP contribution in [0.15, 0.2) is 35.4 Å². The molecule has 2 aromatic rings. The molecule has 3 N–H and O–H groups in total. The van der Waals surface area contributed by atoms with E-state index in [0.717, 1.165) is 22.0 Å². The van der Waals surface area contributed by atoms with E-state index in [0.29, 0.717) is 12.3 Å². The van der Waals surface area contributed by atoms with E-state index in [1.54, 1.807) is 18.0 Å². The Morgan fingerprint density at radius 2 is 2.33 bits per heavy atom. The SMILES string of the molecule is O=C1CSc2ccc(NCc3ccn[nH]3)cc2N1. The third-order valence-corrected chi connectivity index (χ3v) is 3.73. The van der Waals surface area contributed by atoms with E-state index in [-0.39, 0.29) is 5.91 Å². The molecule has 92 valence electrons. The van der Waals surface area contributed by atoms with Gasteiger partial charge in [0, 0.05) is 16.8 Å². The summed E-state index contributed by atoms with van der Waals surface area (Å²) in [5.74, 6) is 0.548. The van der Waals surface area contributed by atoms with E-state index < -0.39 is 0 Å². The molecule has 2 heterocycles. The summed E-state index contributed by atoms with van der Waals surface area (Å²) in [4.78, 5) is 12.4. The number of nitrogens with one attached hydrogen (secondary N) is 3. The maximum absolute atomic E-state index is 11.3. The van der Waals surface area contributed by atoms with Gasteiger partial charge in [-0.3, -0.25) is 9.89 Å². The monoisotopic (exact) mass is 260 g/mol. The number of amides is 1. The van der Waals surface area contributed by atoms with Crippen LogP contribution in [0.2, 0.25) is 0 Å². The highest BCUT2D eigenvalue weighted by Crippen LogP contribution is 2.33. The van der Waals surface area contributed by atoms with Crippen LogP contribution in [0.4, 0.5) is 11.4 Å². The van der Waals surface area contributed by atoms with Crippen LogP contribution in [0.3, 0.4) is 0 Å². The van der Waals surface area contributed by atoms with Crippen LogP contribution < -0.4 is 10.6 Å². The van der Waals surface area contributed by atoms with Gasteiger partial charge in [0.1, 0.15) is 0 Å². The minimum atomic E-state index is 0.0539. The fraction of sp³-hybridized carbons (Fsp3) is 0.167. The van der Waals surface area contributed by atoms with Crippen LogP contribution in [-0.4, -0.2) is 21.9 Å². The Hall–Kier alpha value is -1.95. The van der Waals surface area contributed by atoms with Crippen molar-refractivity contribution in [2.24, 2.45) is 0 Å². The van der Waals surface area contributed by atoms with Crippen LogP contribution in [0.25, 0.3) is 0 Å². The molecule has 6 heteroatoms. The van der Waals surface area contributed by atoms with E-state index in [1.165, 1.54) is 0 Å². The lowest BCUT2D eigenvalue weighted by molar-refractivity contribution is -0.113. The number of hydrogen-bond acceptors (Lipinski definition) is 4. The van der Waals surface area contributed by atoms with Crippen molar-refractivity contribution in [3.8, 4) is 0 Å². The molecule has 0 bridgehead atoms. The van der Waals surface area contributed by atoms with Gasteiger partial charge in [-0.05, 0) is 24.3 Å². The Bertz CT molecular complexity index is 567. The lowest BCUT2D eigenvalue weighted by atomic mass is 10.2. The molecule has 0 fully saturated rings. The third-order valence-electron chi connectivity index (χ3n) is 2.65. The molecule has 18 heavy (non-hydrogen) atoms. The number of anilines is 2. The Balaban J connectivity index is 1.73. The Morgan fingerprint density at radius 1 is 1.39 bits per heavy atom. The van der Waals surface area contributed by atoms with Gasteiger partial charge in [0.05, 0.1) is 23.7 Å². The first-order valence-corrected chi connectivity index (χ1v) is 6.59. The second-order valence-electron chi connectivity index (χ2n) is 3.98. The summed E-state index contributed by atoms with van der Waals surface area (Å²) in [6.07, 6.45) is 1.72. The van der Waals surface area contributed by atoms with Gasteiger partial charge in [-0.2, -0.15) is 5.10 Å². The molecule has 0 radical (unpaired) electrons. The fourth-order valence-corrected chi connectivity index (χ4v) is 2.56. The minimum Gasteiger partial charge on any atom is -0.379 e. The van der Waals surface area contributed by atoms with Crippen LogP contribution in [-0.2, 0) is 11.3 Å². The topological polar surface area (TPSA) is 69.8 Å². The van der Waals surface area contributed by atoms with Gasteiger partial charge in [0.15, 0.2) is 0 Å². The number of nitrogens with zero attached hydrogens (tertiary/aromatic N) is 1. The van der Waals surface area contributed by atoms with Crippen molar-refractivity contribution in [3.05, 3.63) is 36.2 Å². The number of aromatic amines is 1. The Morgan fingerprint density at radius 3 is 3.17 bits per heavy atom. The largest absolute Gasteiger partial charge is 0.379 e. The lowest BCUT2D eigenvalue weighted by Crippen LogP contribution is -2.18. The lowest BCUT2D eigenvalue weighted by Gasteiger charge is -2.17. The molecule has 1 aliphatic heterocycles. The first-order valence-electron chi connectivity index (χ1n) is 5.60. The molecule has 3 rings (SSSR count). The van der Waals surface area contributed by atoms with Gasteiger partial charge in [-0.15, -0.1) is 11.8 Å². The standard InChI is InChI=1S/C12H12N4OS/c17-12-7-18-11-2-1-8(5-10(11)15-12)13-6-9-3-4-14-16-9/h1-5,13H,6-7H2,(H,14,16)(H,15,17). The predicted molar refractivity (Wildman–Crippen MR) is 71.7 cm³/mol. The van der Waals surface area contributed by atoms with Crippen molar-refractivity contribution in [1.29, 1.82) is 0 Å². The minimum absolute atomic E-state index is 0.0539. The van der Waals surface area contributed by atoms with Crippen molar-refractivity contribution in [2.75, 3.05) is 16.4 Å². The van der Waals surface area contributed by atoms with Crippen LogP contribution in [0, 0.1) is 0 Å². The van der Waals surface area contributed by atoms with Gasteiger partial charge >= 0.3 is 0 Å². The van der Waals surface area contributed by atoms with Crippen LogP contribution >= 0.6 is 11.8 Å². The normalized spacial score (nSPS) is 13.9. The zero-order valence-corrected chi connectivity index (χ0v) is 10.4. The summed E-state index contributed by atoms with van der Waals surface area (Å²) >= 11 is 1.57. The molecule has 5 nitrogen and oxygen atoms in total. The van der Waals surface area contributed by atoms with Crippen molar-refractivity contribution in [2.45, 2.75) is 11.4 Å². The summed E-state index contributed by atoms with van der Waals surface area (Å²) in [5.41, 5.74) is 2.88. The number of aromatic nitrogens is 2. The molecule has 1 aliphatic rings. The molecule has 0 aliphatic carbocycles. The van der Waals surface area contributed by atoms with Gasteiger partial charge in [0.2, 0.25) is 5.91 Å². The van der Waals surface area contributed by atoms with Crippen molar-refractivity contribution >= 4 is 29.0 Å². The first-order chi connectivity index (χ1) is 8.81. The molecule has 0 unspecified atom stereocenters. The summed E-state index contributed by atoms with van der Waals surface area (Å²) in [5, 5.41) is 12.9. The molecule has 0 atom stereocenters. The van der Waals surface area contributed by atoms with E-state index in [2.05, 4.69) is 20.8 Å². The third kappa shape index (κ3) is 2.33. The number of rotatable bonds is 3. The zero-order chi connectivity index (χ0) is 12.4. The highest BCUT2D eigenvalue weighted by Gasteiger charge is 2.15. The van der Waals surface area contributed by atoms with Crippen LogP contribution in [0.5, 0.6) is 0 Å². The summed E-state index contributed by atoms with van der Waals surface area (Å²) < 4.78 is 0. The maximum atomic E-state index is 11.3. The average molecular weight is 260 g/mol. The highest BCUT2D eigenvalue weighted by atomic mass is 32.2. The van der Waals surface area contributed by atoms with Crippen LogP contribution in [0.1, 0.15) is 5.69 Å². The quantitative estimate of drug-likeness (QED) is 0.790. The molecular formula is C12H12N4OS. The molecule has 1 amide bonds. The molecule has 0 spiro atoms. The number of H-pyrrole nitrogens is 1. The van der Waals surface area contributed by atoms with E-state index in [1.807, 2.05) is 24.3 Å². The maximum Gasteiger partial charge on any atom is 0.234 e. The van der Waals surface area contributed by atoms with E-state index in [4.69, 9.17) is 0 Å². The molecular weight excluding hydrogens is 248 g/mol. The summed E-state index contributed by atoms with van der Waals surface area (Å²) in [7, 11) is 0.